The molecule has 0 aliphatic carbocycles. The first-order valence-electron chi connectivity index (χ1n) is 9.03. The van der Waals surface area contributed by atoms with Crippen molar-refractivity contribution in [3.05, 3.63) is 72.6 Å². The van der Waals surface area contributed by atoms with Crippen LogP contribution in [0.25, 0.3) is 10.3 Å². The fourth-order valence-corrected chi connectivity index (χ4v) is 4.62. The van der Waals surface area contributed by atoms with Crippen LogP contribution in [0, 0.1) is 0 Å². The van der Waals surface area contributed by atoms with E-state index < -0.39 is 0 Å². The van der Waals surface area contributed by atoms with E-state index in [2.05, 4.69) is 37.3 Å². The molecule has 1 N–H and O–H groups in total. The summed E-state index contributed by atoms with van der Waals surface area (Å²) in [7, 11) is 2.01. The molecule has 2 heterocycles. The SMILES string of the molecule is CN(Cc1ccccc1)c1nc2ncnc(SCC(=O)Nc3ccccc3)c2s1. The molecule has 2 aromatic carbocycles. The maximum atomic E-state index is 12.2. The summed E-state index contributed by atoms with van der Waals surface area (Å²) in [6, 6.07) is 19.7. The Hall–Kier alpha value is -2.97. The molecular formula is C21H19N5OS2. The van der Waals surface area contributed by atoms with Gasteiger partial charge < -0.3 is 10.2 Å². The number of benzene rings is 2. The van der Waals surface area contributed by atoms with E-state index >= 15 is 0 Å². The maximum Gasteiger partial charge on any atom is 0.234 e. The molecule has 146 valence electrons. The number of nitrogens with zero attached hydrogens (tertiary/aromatic N) is 4. The molecular weight excluding hydrogens is 402 g/mol. The summed E-state index contributed by atoms with van der Waals surface area (Å²) >= 11 is 2.94. The predicted octanol–water partition coefficient (Wildman–Crippen LogP) is 4.45. The molecule has 0 saturated heterocycles. The molecule has 0 radical (unpaired) electrons. The Balaban J connectivity index is 1.45. The average Bonchev–Trinajstić information content (AvgIpc) is 3.19. The molecule has 0 aliphatic heterocycles. The Kier molecular flexibility index (Phi) is 6.02. The van der Waals surface area contributed by atoms with E-state index in [1.807, 2.05) is 55.6 Å². The second-order valence-electron chi connectivity index (χ2n) is 6.37. The molecule has 0 fully saturated rings. The molecule has 0 aliphatic rings. The van der Waals surface area contributed by atoms with E-state index in [1.165, 1.54) is 23.7 Å². The second kappa shape index (κ2) is 9.02. The Morgan fingerprint density at radius 2 is 1.79 bits per heavy atom. The zero-order valence-electron chi connectivity index (χ0n) is 15.8. The smallest absolute Gasteiger partial charge is 0.234 e. The van der Waals surface area contributed by atoms with Crippen molar-refractivity contribution in [3.63, 3.8) is 0 Å². The van der Waals surface area contributed by atoms with Gasteiger partial charge in [0.15, 0.2) is 10.8 Å². The molecule has 6 nitrogen and oxygen atoms in total. The summed E-state index contributed by atoms with van der Waals surface area (Å²) in [6.45, 7) is 0.760. The van der Waals surface area contributed by atoms with E-state index in [9.17, 15) is 4.79 Å². The lowest BCUT2D eigenvalue weighted by Gasteiger charge is -2.15. The van der Waals surface area contributed by atoms with Gasteiger partial charge in [0, 0.05) is 19.3 Å². The minimum absolute atomic E-state index is 0.0705. The van der Waals surface area contributed by atoms with Crippen molar-refractivity contribution in [3.8, 4) is 0 Å². The van der Waals surface area contributed by atoms with Crippen LogP contribution in [0.1, 0.15) is 5.56 Å². The Morgan fingerprint density at radius 1 is 1.07 bits per heavy atom. The molecule has 1 amide bonds. The standard InChI is InChI=1S/C21H19N5OS2/c1-26(12-15-8-4-2-5-9-15)21-25-19-18(29-21)20(23-14-22-19)28-13-17(27)24-16-10-6-3-7-11-16/h2-11,14H,12-13H2,1H3,(H,24,27). The third kappa shape index (κ3) is 4.90. The van der Waals surface area contributed by atoms with Crippen LogP contribution < -0.4 is 10.2 Å². The number of hydrogen-bond donors (Lipinski definition) is 1. The van der Waals surface area contributed by atoms with Crippen molar-refractivity contribution in [2.24, 2.45) is 0 Å². The highest BCUT2D eigenvalue weighted by atomic mass is 32.2. The molecule has 0 atom stereocenters. The second-order valence-corrected chi connectivity index (χ2v) is 8.31. The van der Waals surface area contributed by atoms with E-state index in [0.717, 1.165) is 27.1 Å². The van der Waals surface area contributed by atoms with Gasteiger partial charge in [-0.05, 0) is 17.7 Å². The van der Waals surface area contributed by atoms with Crippen LogP contribution >= 0.6 is 23.1 Å². The first-order chi connectivity index (χ1) is 14.2. The van der Waals surface area contributed by atoms with Gasteiger partial charge in [-0.3, -0.25) is 4.79 Å². The minimum atomic E-state index is -0.0705. The number of anilines is 2. The zero-order valence-corrected chi connectivity index (χ0v) is 17.4. The number of para-hydroxylation sites is 1. The molecule has 8 heteroatoms. The van der Waals surface area contributed by atoms with Gasteiger partial charge in [0.2, 0.25) is 5.91 Å². The molecule has 2 aromatic heterocycles. The van der Waals surface area contributed by atoms with Gasteiger partial charge in [-0.2, -0.15) is 4.98 Å². The number of thioether (sulfide) groups is 1. The van der Waals surface area contributed by atoms with Crippen molar-refractivity contribution in [2.75, 3.05) is 23.0 Å². The van der Waals surface area contributed by atoms with Crippen LogP contribution in [0.5, 0.6) is 0 Å². The fourth-order valence-electron chi connectivity index (χ4n) is 2.77. The number of carbonyl (C=O) groups is 1. The van der Waals surface area contributed by atoms with Gasteiger partial charge in [-0.25, -0.2) is 9.97 Å². The fraction of sp³-hybridized carbons (Fsp3) is 0.143. The van der Waals surface area contributed by atoms with Crippen molar-refractivity contribution >= 4 is 50.2 Å². The van der Waals surface area contributed by atoms with E-state index in [0.29, 0.717) is 5.65 Å². The summed E-state index contributed by atoms with van der Waals surface area (Å²) in [6.07, 6.45) is 1.50. The van der Waals surface area contributed by atoms with Crippen molar-refractivity contribution in [2.45, 2.75) is 11.6 Å². The Morgan fingerprint density at radius 3 is 2.55 bits per heavy atom. The quantitative estimate of drug-likeness (QED) is 0.351. The zero-order chi connectivity index (χ0) is 20.1. The van der Waals surface area contributed by atoms with Gasteiger partial charge in [-0.15, -0.1) is 0 Å². The molecule has 0 spiro atoms. The summed E-state index contributed by atoms with van der Waals surface area (Å²) in [4.78, 5) is 27.6. The van der Waals surface area contributed by atoms with Crippen LogP contribution in [0.4, 0.5) is 10.8 Å². The normalized spacial score (nSPS) is 10.8. The lowest BCUT2D eigenvalue weighted by molar-refractivity contribution is -0.113. The molecule has 0 bridgehead atoms. The van der Waals surface area contributed by atoms with Gasteiger partial charge in [0.05, 0.1) is 5.75 Å². The number of fused-ring (bicyclic) bond motifs is 1. The highest BCUT2D eigenvalue weighted by Gasteiger charge is 2.15. The summed E-state index contributed by atoms with van der Waals surface area (Å²) in [5.41, 5.74) is 2.66. The van der Waals surface area contributed by atoms with Crippen LogP contribution in [-0.4, -0.2) is 33.7 Å². The van der Waals surface area contributed by atoms with Gasteiger partial charge in [-0.1, -0.05) is 71.6 Å². The Bertz CT molecular complexity index is 1100. The number of hydrogen-bond acceptors (Lipinski definition) is 7. The topological polar surface area (TPSA) is 71.0 Å². The van der Waals surface area contributed by atoms with Gasteiger partial charge in [0.25, 0.3) is 0 Å². The molecule has 4 aromatic rings. The van der Waals surface area contributed by atoms with E-state index in [1.54, 1.807) is 11.3 Å². The van der Waals surface area contributed by atoms with Gasteiger partial charge in [0.1, 0.15) is 16.1 Å². The van der Waals surface area contributed by atoms with Crippen LogP contribution in [0.2, 0.25) is 0 Å². The lowest BCUT2D eigenvalue weighted by Crippen LogP contribution is -2.15. The number of rotatable bonds is 7. The summed E-state index contributed by atoms with van der Waals surface area (Å²) in [5.74, 6) is 0.201. The minimum Gasteiger partial charge on any atom is -0.347 e. The lowest BCUT2D eigenvalue weighted by atomic mass is 10.2. The summed E-state index contributed by atoms with van der Waals surface area (Å²) < 4.78 is 0.903. The number of thiazole rings is 1. The first kappa shape index (κ1) is 19.4. The Labute approximate surface area is 177 Å². The average molecular weight is 422 g/mol. The maximum absolute atomic E-state index is 12.2. The summed E-state index contributed by atoms with van der Waals surface area (Å²) in [5, 5.41) is 4.54. The van der Waals surface area contributed by atoms with Gasteiger partial charge >= 0.3 is 0 Å². The van der Waals surface area contributed by atoms with E-state index in [-0.39, 0.29) is 11.7 Å². The molecule has 29 heavy (non-hydrogen) atoms. The van der Waals surface area contributed by atoms with E-state index in [4.69, 9.17) is 0 Å². The first-order valence-corrected chi connectivity index (χ1v) is 10.8. The van der Waals surface area contributed by atoms with Crippen LogP contribution in [0.3, 0.4) is 0 Å². The largest absolute Gasteiger partial charge is 0.347 e. The third-order valence-corrected chi connectivity index (χ3v) is 6.42. The van der Waals surface area contributed by atoms with Crippen molar-refractivity contribution < 1.29 is 4.79 Å². The molecule has 0 saturated carbocycles. The predicted molar refractivity (Wildman–Crippen MR) is 120 cm³/mol. The van der Waals surface area contributed by atoms with Crippen LogP contribution in [-0.2, 0) is 11.3 Å². The highest BCUT2D eigenvalue weighted by Crippen LogP contribution is 2.33. The number of amides is 1. The van der Waals surface area contributed by atoms with Crippen molar-refractivity contribution in [1.29, 1.82) is 0 Å². The number of carbonyl (C=O) groups excluding carboxylic acids is 1. The monoisotopic (exact) mass is 421 g/mol. The highest BCUT2D eigenvalue weighted by molar-refractivity contribution is 8.00. The molecule has 0 unspecified atom stereocenters. The van der Waals surface area contributed by atoms with Crippen molar-refractivity contribution in [1.82, 2.24) is 15.0 Å². The van der Waals surface area contributed by atoms with Crippen LogP contribution in [0.15, 0.2) is 72.0 Å². The number of aromatic nitrogens is 3. The third-order valence-electron chi connectivity index (χ3n) is 4.13. The molecule has 4 rings (SSSR count). The number of nitrogens with one attached hydrogen (secondary N) is 1.